The standard InChI is InChI=1S/C10H15NOSi/c1-4-7-13(8-5-2,9-6-3)11-10-12/h4-6H,1-3,7-9H2. The third kappa shape index (κ3) is 3.83. The second kappa shape index (κ2) is 6.35. The van der Waals surface area contributed by atoms with Crippen LogP contribution in [0.1, 0.15) is 0 Å². The second-order valence-electron chi connectivity index (χ2n) is 2.91. The van der Waals surface area contributed by atoms with E-state index in [1.54, 1.807) is 24.3 Å². The zero-order valence-electron chi connectivity index (χ0n) is 7.83. The topological polar surface area (TPSA) is 29.4 Å². The molecule has 0 amide bonds. The van der Waals surface area contributed by atoms with Crippen molar-refractivity contribution in [2.45, 2.75) is 18.1 Å². The molecule has 0 aromatic rings. The molecule has 0 saturated carbocycles. The predicted octanol–water partition coefficient (Wildman–Crippen LogP) is 2.83. The van der Waals surface area contributed by atoms with E-state index in [1.807, 2.05) is 0 Å². The van der Waals surface area contributed by atoms with Crippen LogP contribution in [0.15, 0.2) is 42.6 Å². The molecule has 0 aromatic carbocycles. The molecule has 0 radical (unpaired) electrons. The number of hydrogen-bond donors (Lipinski definition) is 0. The molecule has 0 bridgehead atoms. The SMILES string of the molecule is C=CC[Si](CC=C)(CC=C)N=C=O. The van der Waals surface area contributed by atoms with Gasteiger partial charge in [-0.3, -0.25) is 0 Å². The predicted molar refractivity (Wildman–Crippen MR) is 58.9 cm³/mol. The number of nitrogens with zero attached hydrogens (tertiary/aromatic N) is 1. The van der Waals surface area contributed by atoms with E-state index >= 15 is 0 Å². The highest BCUT2D eigenvalue weighted by atomic mass is 28.3. The molecule has 0 aliphatic rings. The first kappa shape index (κ1) is 11.8. The molecule has 0 aliphatic carbocycles. The lowest BCUT2D eigenvalue weighted by molar-refractivity contribution is 0.565. The van der Waals surface area contributed by atoms with Crippen molar-refractivity contribution in [2.24, 2.45) is 4.66 Å². The van der Waals surface area contributed by atoms with Gasteiger partial charge < -0.3 is 0 Å². The van der Waals surface area contributed by atoms with Crippen LogP contribution in [0.5, 0.6) is 0 Å². The summed E-state index contributed by atoms with van der Waals surface area (Å²) < 4.78 is 3.94. The fraction of sp³-hybridized carbons (Fsp3) is 0.300. The van der Waals surface area contributed by atoms with Gasteiger partial charge in [-0.1, -0.05) is 18.2 Å². The van der Waals surface area contributed by atoms with E-state index in [0.29, 0.717) is 0 Å². The molecule has 0 rings (SSSR count). The summed E-state index contributed by atoms with van der Waals surface area (Å²) in [4.78, 5) is 10.3. The van der Waals surface area contributed by atoms with Gasteiger partial charge in [0, 0.05) is 0 Å². The molecule has 0 aromatic heterocycles. The van der Waals surface area contributed by atoms with Crippen LogP contribution < -0.4 is 0 Å². The summed E-state index contributed by atoms with van der Waals surface area (Å²) in [5.74, 6) is 0. The Bertz CT molecular complexity index is 215. The third-order valence-electron chi connectivity index (χ3n) is 1.86. The lowest BCUT2D eigenvalue weighted by Gasteiger charge is -2.20. The quantitative estimate of drug-likeness (QED) is 0.264. The Balaban J connectivity index is 4.75. The summed E-state index contributed by atoms with van der Waals surface area (Å²) >= 11 is 0. The zero-order chi connectivity index (χ0) is 10.2. The Labute approximate surface area is 80.5 Å². The van der Waals surface area contributed by atoms with Gasteiger partial charge in [0.1, 0.15) is 0 Å². The maximum absolute atomic E-state index is 10.3. The number of rotatable bonds is 7. The summed E-state index contributed by atoms with van der Waals surface area (Å²) in [6.07, 6.45) is 7.07. The molecular formula is C10H15NOSi. The third-order valence-corrected chi connectivity index (χ3v) is 5.57. The van der Waals surface area contributed by atoms with E-state index in [4.69, 9.17) is 0 Å². The van der Waals surface area contributed by atoms with Crippen molar-refractivity contribution in [2.75, 3.05) is 0 Å². The average Bonchev–Trinajstić information content (AvgIpc) is 2.06. The lowest BCUT2D eigenvalue weighted by atomic mass is 10.7. The van der Waals surface area contributed by atoms with Crippen LogP contribution in [0.4, 0.5) is 0 Å². The first-order valence-corrected chi connectivity index (χ1v) is 6.73. The van der Waals surface area contributed by atoms with Gasteiger partial charge in [0.2, 0.25) is 14.3 Å². The minimum atomic E-state index is -1.95. The summed E-state index contributed by atoms with van der Waals surface area (Å²) in [6.45, 7) is 11.0. The normalized spacial score (nSPS) is 9.85. The largest absolute Gasteiger partial charge is 0.246 e. The molecule has 0 heterocycles. The minimum Gasteiger partial charge on any atom is -0.246 e. The van der Waals surface area contributed by atoms with Crippen LogP contribution in [0.25, 0.3) is 0 Å². The zero-order valence-corrected chi connectivity index (χ0v) is 8.83. The number of isocyanates is 1. The molecule has 0 unspecified atom stereocenters. The van der Waals surface area contributed by atoms with Gasteiger partial charge in [-0.25, -0.2) is 9.45 Å². The van der Waals surface area contributed by atoms with E-state index in [2.05, 4.69) is 24.4 Å². The molecule has 0 atom stereocenters. The van der Waals surface area contributed by atoms with Crippen molar-refractivity contribution in [3.05, 3.63) is 38.0 Å². The second-order valence-corrected chi connectivity index (χ2v) is 6.80. The van der Waals surface area contributed by atoms with Gasteiger partial charge in [-0.2, -0.15) is 0 Å². The molecule has 13 heavy (non-hydrogen) atoms. The van der Waals surface area contributed by atoms with Gasteiger partial charge in [0.05, 0.1) is 0 Å². The van der Waals surface area contributed by atoms with E-state index in [0.717, 1.165) is 18.1 Å². The van der Waals surface area contributed by atoms with E-state index in [9.17, 15) is 4.79 Å². The minimum absolute atomic E-state index is 0.778. The highest BCUT2D eigenvalue weighted by molar-refractivity contribution is 6.80. The van der Waals surface area contributed by atoms with Crippen molar-refractivity contribution < 1.29 is 4.79 Å². The molecule has 0 N–H and O–H groups in total. The van der Waals surface area contributed by atoms with E-state index < -0.39 is 8.24 Å². The first-order valence-electron chi connectivity index (χ1n) is 4.16. The smallest absolute Gasteiger partial charge is 0.224 e. The Hall–Kier alpha value is -1.18. The first-order chi connectivity index (χ1) is 6.24. The molecule has 0 saturated heterocycles. The summed E-state index contributed by atoms with van der Waals surface area (Å²) in [7, 11) is -1.95. The molecule has 0 aliphatic heterocycles. The number of hydrogen-bond acceptors (Lipinski definition) is 2. The Morgan fingerprint density at radius 1 is 1.08 bits per heavy atom. The number of allylic oxidation sites excluding steroid dienone is 3. The van der Waals surface area contributed by atoms with Crippen LogP contribution >= 0.6 is 0 Å². The van der Waals surface area contributed by atoms with Crippen LogP contribution in [-0.2, 0) is 4.79 Å². The van der Waals surface area contributed by atoms with Crippen LogP contribution in [0, 0.1) is 0 Å². The highest BCUT2D eigenvalue weighted by Crippen LogP contribution is 2.23. The van der Waals surface area contributed by atoms with Crippen LogP contribution in [0.3, 0.4) is 0 Å². The van der Waals surface area contributed by atoms with Gasteiger partial charge in [-0.05, 0) is 18.1 Å². The Kier molecular flexibility index (Phi) is 5.77. The molecule has 70 valence electrons. The van der Waals surface area contributed by atoms with Crippen molar-refractivity contribution in [3.63, 3.8) is 0 Å². The number of carbonyl (C=O) groups excluding carboxylic acids is 1. The van der Waals surface area contributed by atoms with Crippen molar-refractivity contribution >= 4 is 14.3 Å². The average molecular weight is 193 g/mol. The summed E-state index contributed by atoms with van der Waals surface area (Å²) in [6, 6.07) is 2.33. The fourth-order valence-electron chi connectivity index (χ4n) is 1.29. The van der Waals surface area contributed by atoms with Crippen molar-refractivity contribution in [3.8, 4) is 0 Å². The fourth-order valence-corrected chi connectivity index (χ4v) is 3.87. The van der Waals surface area contributed by atoms with Crippen LogP contribution in [-0.4, -0.2) is 14.3 Å². The molecular weight excluding hydrogens is 178 g/mol. The van der Waals surface area contributed by atoms with Gasteiger partial charge in [-0.15, -0.1) is 19.7 Å². The van der Waals surface area contributed by atoms with Gasteiger partial charge in [0.15, 0.2) is 0 Å². The van der Waals surface area contributed by atoms with Crippen LogP contribution in [0.2, 0.25) is 18.1 Å². The Morgan fingerprint density at radius 2 is 1.46 bits per heavy atom. The monoisotopic (exact) mass is 193 g/mol. The van der Waals surface area contributed by atoms with E-state index in [-0.39, 0.29) is 0 Å². The van der Waals surface area contributed by atoms with Gasteiger partial charge in [0.25, 0.3) is 0 Å². The van der Waals surface area contributed by atoms with E-state index in [1.165, 1.54) is 0 Å². The van der Waals surface area contributed by atoms with Crippen molar-refractivity contribution in [1.29, 1.82) is 0 Å². The van der Waals surface area contributed by atoms with Crippen molar-refractivity contribution in [1.82, 2.24) is 0 Å². The molecule has 3 heteroatoms. The maximum atomic E-state index is 10.3. The Morgan fingerprint density at radius 3 is 1.69 bits per heavy atom. The summed E-state index contributed by atoms with van der Waals surface area (Å²) in [5.41, 5.74) is 0. The molecule has 2 nitrogen and oxygen atoms in total. The maximum Gasteiger partial charge on any atom is 0.224 e. The summed E-state index contributed by atoms with van der Waals surface area (Å²) in [5, 5.41) is 0. The molecule has 0 spiro atoms. The molecule has 0 fully saturated rings. The van der Waals surface area contributed by atoms with Gasteiger partial charge >= 0.3 is 0 Å². The lowest BCUT2D eigenvalue weighted by Crippen LogP contribution is -2.29. The highest BCUT2D eigenvalue weighted by Gasteiger charge is 2.29.